The summed E-state index contributed by atoms with van der Waals surface area (Å²) in [7, 11) is -4.55. The summed E-state index contributed by atoms with van der Waals surface area (Å²) < 4.78 is 33.0. The zero-order chi connectivity index (χ0) is 14.5. The van der Waals surface area contributed by atoms with Crippen molar-refractivity contribution in [2.75, 3.05) is 18.6 Å². The monoisotopic (exact) mass is 324 g/mol. The summed E-state index contributed by atoms with van der Waals surface area (Å²) in [4.78, 5) is 12.2. The van der Waals surface area contributed by atoms with Crippen molar-refractivity contribution >= 4 is 38.1 Å². The number of nitrogens with one attached hydrogen (secondary N) is 1. The Balaban J connectivity index is 2.41. The van der Waals surface area contributed by atoms with Crippen LogP contribution in [-0.4, -0.2) is 37.1 Å². The van der Waals surface area contributed by atoms with Crippen molar-refractivity contribution in [3.8, 4) is 0 Å². The third-order valence-electron chi connectivity index (χ3n) is 2.18. The molecule has 1 heterocycles. The maximum Gasteiger partial charge on any atom is 0.247 e. The molecule has 0 radical (unpaired) electrons. The number of carbonyl (C=O) groups is 1. The van der Waals surface area contributed by atoms with Crippen molar-refractivity contribution in [3.63, 3.8) is 0 Å². The first-order valence-electron chi connectivity index (χ1n) is 5.47. The van der Waals surface area contributed by atoms with Crippen LogP contribution in [-0.2, 0) is 32.0 Å². The van der Waals surface area contributed by atoms with E-state index in [1.165, 1.54) is 6.07 Å². The van der Waals surface area contributed by atoms with Gasteiger partial charge in [-0.3, -0.25) is 9.00 Å². The maximum absolute atomic E-state index is 11.6. The molecule has 6 nitrogen and oxygen atoms in total. The lowest BCUT2D eigenvalue weighted by Crippen LogP contribution is -2.26. The summed E-state index contributed by atoms with van der Waals surface area (Å²) in [5.74, 6) is 0.360. The first-order chi connectivity index (χ1) is 8.79. The van der Waals surface area contributed by atoms with E-state index in [-0.39, 0.29) is 16.5 Å². The fraction of sp³-hybridized carbons (Fsp3) is 0.500. The minimum Gasteiger partial charge on any atom is -0.356 e. The van der Waals surface area contributed by atoms with Crippen molar-refractivity contribution in [2.24, 2.45) is 5.14 Å². The Kier molecular flexibility index (Phi) is 6.11. The van der Waals surface area contributed by atoms with E-state index >= 15 is 0 Å². The second-order valence-electron chi connectivity index (χ2n) is 3.92. The van der Waals surface area contributed by atoms with Crippen LogP contribution in [0.1, 0.15) is 11.3 Å². The summed E-state index contributed by atoms with van der Waals surface area (Å²) in [6, 6.07) is 2.97. The molecule has 0 aliphatic rings. The fourth-order valence-electron chi connectivity index (χ4n) is 1.33. The van der Waals surface area contributed by atoms with E-state index in [9.17, 15) is 17.4 Å². The molecule has 1 unspecified atom stereocenters. The fourth-order valence-corrected chi connectivity index (χ4v) is 3.66. The second kappa shape index (κ2) is 7.13. The Labute approximate surface area is 118 Å². The van der Waals surface area contributed by atoms with Crippen LogP contribution in [0.3, 0.4) is 0 Å². The van der Waals surface area contributed by atoms with Gasteiger partial charge in [0.15, 0.2) is 0 Å². The lowest BCUT2D eigenvalue weighted by atomic mass is 10.3. The van der Waals surface area contributed by atoms with E-state index in [0.717, 1.165) is 11.3 Å². The largest absolute Gasteiger partial charge is 0.356 e. The van der Waals surface area contributed by atoms with Gasteiger partial charge in [-0.05, 0) is 18.6 Å². The predicted molar refractivity (Wildman–Crippen MR) is 76.0 cm³/mol. The molecule has 1 atom stereocenters. The highest BCUT2D eigenvalue weighted by Crippen LogP contribution is 2.20. The molecule has 0 aliphatic heterocycles. The number of carbonyl (C=O) groups excluding carboxylic acids is 1. The molecule has 0 spiro atoms. The van der Waals surface area contributed by atoms with Gasteiger partial charge in [-0.25, -0.2) is 13.6 Å². The average Bonchev–Trinajstić information content (AvgIpc) is 2.72. The predicted octanol–water partition coefficient (Wildman–Crippen LogP) is -0.177. The average molecular weight is 324 g/mol. The van der Waals surface area contributed by atoms with Crippen LogP contribution < -0.4 is 10.5 Å². The molecule has 108 valence electrons. The highest BCUT2D eigenvalue weighted by atomic mass is 32.2. The SMILES string of the molecule is CS(=O)CCCNC(=O)Cc1ccc(S(N)(=O)=O)s1. The van der Waals surface area contributed by atoms with Crippen LogP contribution in [0.15, 0.2) is 16.3 Å². The minimum atomic E-state index is -3.70. The van der Waals surface area contributed by atoms with Gasteiger partial charge < -0.3 is 5.32 Å². The smallest absolute Gasteiger partial charge is 0.247 e. The number of sulfonamides is 1. The van der Waals surface area contributed by atoms with Crippen LogP contribution in [0, 0.1) is 0 Å². The Morgan fingerprint density at radius 3 is 2.68 bits per heavy atom. The number of nitrogens with two attached hydrogens (primary N) is 1. The molecule has 1 amide bonds. The zero-order valence-electron chi connectivity index (χ0n) is 10.4. The normalized spacial score (nSPS) is 13.2. The third-order valence-corrected chi connectivity index (χ3v) is 5.57. The summed E-state index contributed by atoms with van der Waals surface area (Å²) in [6.07, 6.45) is 2.39. The van der Waals surface area contributed by atoms with Gasteiger partial charge in [0.1, 0.15) is 4.21 Å². The van der Waals surface area contributed by atoms with Gasteiger partial charge in [0.2, 0.25) is 15.9 Å². The molecular weight excluding hydrogens is 308 g/mol. The van der Waals surface area contributed by atoms with E-state index in [4.69, 9.17) is 5.14 Å². The summed E-state index contributed by atoms with van der Waals surface area (Å²) in [6.45, 7) is 0.464. The van der Waals surface area contributed by atoms with E-state index in [2.05, 4.69) is 5.32 Å². The van der Waals surface area contributed by atoms with Crippen molar-refractivity contribution in [3.05, 3.63) is 17.0 Å². The third kappa shape index (κ3) is 6.28. The zero-order valence-corrected chi connectivity index (χ0v) is 12.9. The highest BCUT2D eigenvalue weighted by Gasteiger charge is 2.12. The topological polar surface area (TPSA) is 106 Å². The molecule has 0 bridgehead atoms. The molecule has 0 aliphatic carbocycles. The van der Waals surface area contributed by atoms with Gasteiger partial charge in [0, 0.05) is 34.2 Å². The number of amides is 1. The van der Waals surface area contributed by atoms with Crippen LogP contribution in [0.4, 0.5) is 0 Å². The Morgan fingerprint density at radius 2 is 2.16 bits per heavy atom. The second-order valence-corrected chi connectivity index (χ2v) is 8.43. The standard InChI is InChI=1S/C10H16N2O4S3/c1-18(14)6-2-5-12-9(13)7-8-3-4-10(17-8)19(11,15)16/h3-4H,2,5-7H2,1H3,(H,12,13)(H2,11,15,16). The van der Waals surface area contributed by atoms with Crippen molar-refractivity contribution in [1.82, 2.24) is 5.32 Å². The Morgan fingerprint density at radius 1 is 1.47 bits per heavy atom. The van der Waals surface area contributed by atoms with Crippen molar-refractivity contribution in [2.45, 2.75) is 17.1 Å². The molecule has 0 saturated heterocycles. The van der Waals surface area contributed by atoms with E-state index in [1.54, 1.807) is 12.3 Å². The van der Waals surface area contributed by atoms with Gasteiger partial charge >= 0.3 is 0 Å². The molecule has 0 saturated carbocycles. The van der Waals surface area contributed by atoms with Crippen LogP contribution in [0.5, 0.6) is 0 Å². The first kappa shape index (κ1) is 16.3. The molecule has 19 heavy (non-hydrogen) atoms. The van der Waals surface area contributed by atoms with Crippen molar-refractivity contribution < 1.29 is 17.4 Å². The minimum absolute atomic E-state index is 0.0525. The Bertz CT molecular complexity index is 565. The molecular formula is C10H16N2O4S3. The first-order valence-corrected chi connectivity index (χ1v) is 9.56. The lowest BCUT2D eigenvalue weighted by molar-refractivity contribution is -0.120. The molecule has 0 fully saturated rings. The number of primary sulfonamides is 1. The van der Waals surface area contributed by atoms with E-state index < -0.39 is 20.8 Å². The molecule has 1 rings (SSSR count). The van der Waals surface area contributed by atoms with Gasteiger partial charge in [-0.1, -0.05) is 0 Å². The molecule has 1 aromatic rings. The highest BCUT2D eigenvalue weighted by molar-refractivity contribution is 7.91. The molecule has 3 N–H and O–H groups in total. The summed E-state index contributed by atoms with van der Waals surface area (Å²) in [5.41, 5.74) is 0. The molecule has 9 heteroatoms. The quantitative estimate of drug-likeness (QED) is 0.679. The summed E-state index contributed by atoms with van der Waals surface area (Å²) in [5, 5.41) is 7.67. The van der Waals surface area contributed by atoms with Gasteiger partial charge in [0.25, 0.3) is 0 Å². The number of thiophene rings is 1. The van der Waals surface area contributed by atoms with Gasteiger partial charge in [0.05, 0.1) is 6.42 Å². The van der Waals surface area contributed by atoms with Gasteiger partial charge in [-0.2, -0.15) is 0 Å². The Hall–Kier alpha value is -0.770. The molecule has 1 aromatic heterocycles. The number of hydrogen-bond acceptors (Lipinski definition) is 5. The summed E-state index contributed by atoms with van der Waals surface area (Å²) >= 11 is 0.990. The maximum atomic E-state index is 11.6. The van der Waals surface area contributed by atoms with Crippen LogP contribution in [0.2, 0.25) is 0 Å². The van der Waals surface area contributed by atoms with Gasteiger partial charge in [-0.15, -0.1) is 11.3 Å². The molecule has 0 aromatic carbocycles. The van der Waals surface area contributed by atoms with Crippen LogP contribution in [0.25, 0.3) is 0 Å². The number of rotatable bonds is 7. The van der Waals surface area contributed by atoms with E-state index in [1.807, 2.05) is 0 Å². The van der Waals surface area contributed by atoms with E-state index in [0.29, 0.717) is 23.6 Å². The number of hydrogen-bond donors (Lipinski definition) is 2. The lowest BCUT2D eigenvalue weighted by Gasteiger charge is -2.02. The van der Waals surface area contributed by atoms with Crippen molar-refractivity contribution in [1.29, 1.82) is 0 Å². The van der Waals surface area contributed by atoms with Crippen LogP contribution >= 0.6 is 11.3 Å².